The summed E-state index contributed by atoms with van der Waals surface area (Å²) >= 11 is 0. The molecule has 0 unspecified atom stereocenters. The van der Waals surface area contributed by atoms with Crippen molar-refractivity contribution in [1.82, 2.24) is 9.80 Å². The Balaban J connectivity index is 1.72. The minimum absolute atomic E-state index is 0.0299. The van der Waals surface area contributed by atoms with Gasteiger partial charge in [0.25, 0.3) is 0 Å². The highest BCUT2D eigenvalue weighted by Gasteiger charge is 2.34. The van der Waals surface area contributed by atoms with E-state index in [1.54, 1.807) is 18.2 Å². The maximum absolute atomic E-state index is 12.3. The molecule has 1 amide bonds. The Bertz CT molecular complexity index is 738. The molecule has 1 aromatic rings. The number of anilines is 2. The van der Waals surface area contributed by atoms with Crippen LogP contribution in [0.15, 0.2) is 24.3 Å². The number of nitrogens with zero attached hydrogens (tertiary/aromatic N) is 4. The van der Waals surface area contributed by atoms with E-state index in [-0.39, 0.29) is 11.9 Å². The van der Waals surface area contributed by atoms with Crippen molar-refractivity contribution in [1.29, 1.82) is 5.26 Å². The fourth-order valence-corrected chi connectivity index (χ4v) is 3.19. The van der Waals surface area contributed by atoms with Gasteiger partial charge in [-0.3, -0.25) is 4.79 Å². The molecule has 0 spiro atoms. The second kappa shape index (κ2) is 7.03. The summed E-state index contributed by atoms with van der Waals surface area (Å²) in [5.41, 5.74) is 7.64. The van der Waals surface area contributed by atoms with E-state index in [9.17, 15) is 10.1 Å². The molecule has 2 heterocycles. The quantitative estimate of drug-likeness (QED) is 0.642. The summed E-state index contributed by atoms with van der Waals surface area (Å²) in [6.07, 6.45) is 3.52. The van der Waals surface area contributed by atoms with E-state index in [1.165, 1.54) is 0 Å². The summed E-state index contributed by atoms with van der Waals surface area (Å²) in [4.78, 5) is 18.4. The summed E-state index contributed by atoms with van der Waals surface area (Å²) in [5, 5.41) is 9.20. The number of benzene rings is 1. The van der Waals surface area contributed by atoms with Gasteiger partial charge in [0.15, 0.2) is 0 Å². The summed E-state index contributed by atoms with van der Waals surface area (Å²) in [6.45, 7) is 3.21. The van der Waals surface area contributed by atoms with Crippen LogP contribution in [-0.2, 0) is 4.79 Å². The van der Waals surface area contributed by atoms with Gasteiger partial charge in [-0.1, -0.05) is 6.08 Å². The standard InChI is InChI=1S/C18H23N5O2/c1-21(2)5-3-4-18(24)22-6-7-23-14(11-22)12-25-17-9-15(20)13(10-19)8-16(17)23/h3-4,8-9,14H,5-7,11-12,20H2,1-2H3/b4-3+/t14-/m0/s1. The summed E-state index contributed by atoms with van der Waals surface area (Å²) < 4.78 is 5.82. The van der Waals surface area contributed by atoms with Gasteiger partial charge < -0.3 is 25.2 Å². The van der Waals surface area contributed by atoms with E-state index < -0.39 is 0 Å². The third-order valence-corrected chi connectivity index (χ3v) is 4.52. The number of hydrogen-bond donors (Lipinski definition) is 1. The van der Waals surface area contributed by atoms with Crippen molar-refractivity contribution in [2.75, 3.05) is 57.5 Å². The number of hydrogen-bond acceptors (Lipinski definition) is 6. The zero-order chi connectivity index (χ0) is 18.0. The molecule has 132 valence electrons. The highest BCUT2D eigenvalue weighted by atomic mass is 16.5. The highest BCUT2D eigenvalue weighted by Crippen LogP contribution is 2.38. The Labute approximate surface area is 147 Å². The van der Waals surface area contributed by atoms with E-state index in [4.69, 9.17) is 10.5 Å². The van der Waals surface area contributed by atoms with Gasteiger partial charge in [0.2, 0.25) is 5.91 Å². The van der Waals surface area contributed by atoms with Crippen molar-refractivity contribution in [3.63, 3.8) is 0 Å². The van der Waals surface area contributed by atoms with E-state index in [0.29, 0.717) is 43.2 Å². The van der Waals surface area contributed by atoms with Gasteiger partial charge >= 0.3 is 0 Å². The number of nitrogen functional groups attached to an aromatic ring is 1. The first-order valence-electron chi connectivity index (χ1n) is 8.33. The van der Waals surface area contributed by atoms with Gasteiger partial charge in [-0.05, 0) is 20.2 Å². The zero-order valence-corrected chi connectivity index (χ0v) is 14.6. The summed E-state index contributed by atoms with van der Waals surface area (Å²) in [6, 6.07) is 5.70. The van der Waals surface area contributed by atoms with Gasteiger partial charge in [-0.2, -0.15) is 5.26 Å². The van der Waals surface area contributed by atoms with Gasteiger partial charge in [0.1, 0.15) is 18.4 Å². The number of amides is 1. The van der Waals surface area contributed by atoms with Crippen LogP contribution in [0.2, 0.25) is 0 Å². The average Bonchev–Trinajstić information content (AvgIpc) is 2.60. The first kappa shape index (κ1) is 17.1. The van der Waals surface area contributed by atoms with Gasteiger partial charge in [0, 0.05) is 38.3 Å². The van der Waals surface area contributed by atoms with E-state index in [1.807, 2.05) is 30.0 Å². The van der Waals surface area contributed by atoms with E-state index >= 15 is 0 Å². The molecule has 0 aromatic heterocycles. The molecular formula is C18H23N5O2. The van der Waals surface area contributed by atoms with Crippen molar-refractivity contribution in [3.05, 3.63) is 29.8 Å². The molecule has 0 radical (unpaired) electrons. The SMILES string of the molecule is CN(C)C/C=C/C(=O)N1CCN2c3cc(C#N)c(N)cc3OC[C@@H]2C1. The maximum Gasteiger partial charge on any atom is 0.246 e. The molecule has 0 aliphatic carbocycles. The number of fused-ring (bicyclic) bond motifs is 3. The zero-order valence-electron chi connectivity index (χ0n) is 14.6. The molecule has 2 aliphatic rings. The molecular weight excluding hydrogens is 318 g/mol. The van der Waals surface area contributed by atoms with Crippen molar-refractivity contribution < 1.29 is 9.53 Å². The fraction of sp³-hybridized carbons (Fsp3) is 0.444. The van der Waals surface area contributed by atoms with Gasteiger partial charge in [-0.25, -0.2) is 0 Å². The van der Waals surface area contributed by atoms with Gasteiger partial charge in [0.05, 0.1) is 23.0 Å². The summed E-state index contributed by atoms with van der Waals surface area (Å²) in [7, 11) is 3.93. The van der Waals surface area contributed by atoms with Crippen molar-refractivity contribution >= 4 is 17.3 Å². The van der Waals surface area contributed by atoms with Crippen molar-refractivity contribution in [3.8, 4) is 11.8 Å². The van der Waals surface area contributed by atoms with E-state index in [0.717, 1.165) is 12.2 Å². The number of piperazine rings is 1. The lowest BCUT2D eigenvalue weighted by atomic mass is 10.1. The molecule has 3 rings (SSSR count). The van der Waals surface area contributed by atoms with Crippen LogP contribution in [0.1, 0.15) is 5.56 Å². The van der Waals surface area contributed by atoms with Crippen molar-refractivity contribution in [2.45, 2.75) is 6.04 Å². The molecule has 7 heteroatoms. The van der Waals surface area contributed by atoms with Crippen LogP contribution in [-0.4, -0.2) is 68.6 Å². The van der Waals surface area contributed by atoms with Crippen LogP contribution >= 0.6 is 0 Å². The molecule has 2 aliphatic heterocycles. The third kappa shape index (κ3) is 3.54. The monoisotopic (exact) mass is 341 g/mol. The first-order valence-corrected chi connectivity index (χ1v) is 8.33. The van der Waals surface area contributed by atoms with Crippen LogP contribution in [0.25, 0.3) is 0 Å². The second-order valence-corrected chi connectivity index (χ2v) is 6.63. The van der Waals surface area contributed by atoms with Crippen LogP contribution in [0, 0.1) is 11.3 Å². The van der Waals surface area contributed by atoms with Crippen LogP contribution in [0.5, 0.6) is 5.75 Å². The lowest BCUT2D eigenvalue weighted by Crippen LogP contribution is -2.58. The minimum atomic E-state index is 0.0299. The Morgan fingerprint density at radius 2 is 2.28 bits per heavy atom. The molecule has 1 saturated heterocycles. The number of nitrogens with two attached hydrogens (primary N) is 1. The number of likely N-dealkylation sites (N-methyl/N-ethyl adjacent to an activating group) is 1. The molecule has 0 saturated carbocycles. The number of carbonyl (C=O) groups excluding carboxylic acids is 1. The Morgan fingerprint density at radius 1 is 1.48 bits per heavy atom. The maximum atomic E-state index is 12.3. The number of ether oxygens (including phenoxy) is 1. The Morgan fingerprint density at radius 3 is 3.00 bits per heavy atom. The first-order chi connectivity index (χ1) is 12.0. The smallest absolute Gasteiger partial charge is 0.246 e. The molecule has 1 fully saturated rings. The van der Waals surface area contributed by atoms with Gasteiger partial charge in [-0.15, -0.1) is 0 Å². The third-order valence-electron chi connectivity index (χ3n) is 4.52. The van der Waals surface area contributed by atoms with Crippen LogP contribution < -0.4 is 15.4 Å². The Hall–Kier alpha value is -2.72. The molecule has 7 nitrogen and oxygen atoms in total. The number of rotatable bonds is 3. The normalized spacial score (nSPS) is 19.4. The van der Waals surface area contributed by atoms with Crippen LogP contribution in [0.4, 0.5) is 11.4 Å². The number of nitriles is 1. The number of carbonyl (C=O) groups is 1. The molecule has 1 aromatic carbocycles. The second-order valence-electron chi connectivity index (χ2n) is 6.63. The fourth-order valence-electron chi connectivity index (χ4n) is 3.19. The Kier molecular flexibility index (Phi) is 4.81. The predicted octanol–water partition coefficient (Wildman–Crippen LogP) is 0.668. The lowest BCUT2D eigenvalue weighted by Gasteiger charge is -2.45. The largest absolute Gasteiger partial charge is 0.489 e. The molecule has 25 heavy (non-hydrogen) atoms. The average molecular weight is 341 g/mol. The summed E-state index contributed by atoms with van der Waals surface area (Å²) in [5.74, 6) is 0.737. The highest BCUT2D eigenvalue weighted by molar-refractivity contribution is 5.88. The van der Waals surface area contributed by atoms with Crippen LogP contribution in [0.3, 0.4) is 0 Å². The minimum Gasteiger partial charge on any atom is -0.489 e. The molecule has 2 N–H and O–H groups in total. The lowest BCUT2D eigenvalue weighted by molar-refractivity contribution is -0.127. The molecule has 0 bridgehead atoms. The van der Waals surface area contributed by atoms with Crippen molar-refractivity contribution in [2.24, 2.45) is 0 Å². The van der Waals surface area contributed by atoms with E-state index in [2.05, 4.69) is 11.0 Å². The topological polar surface area (TPSA) is 85.8 Å². The molecule has 1 atom stereocenters. The predicted molar refractivity (Wildman–Crippen MR) is 96.5 cm³/mol.